The number of amides is 2. The van der Waals surface area contributed by atoms with E-state index in [0.717, 1.165) is 13.0 Å². The van der Waals surface area contributed by atoms with Crippen LogP contribution in [-0.2, 0) is 6.42 Å². The van der Waals surface area contributed by atoms with Crippen LogP contribution in [0.4, 0.5) is 4.79 Å². The van der Waals surface area contributed by atoms with E-state index in [9.17, 15) is 4.79 Å². The highest BCUT2D eigenvalue weighted by atomic mass is 16.2. The van der Waals surface area contributed by atoms with E-state index in [4.69, 9.17) is 0 Å². The van der Waals surface area contributed by atoms with Crippen LogP contribution in [0.1, 0.15) is 37.7 Å². The lowest BCUT2D eigenvalue weighted by Gasteiger charge is -2.45. The SMILES string of the molecule is CN(C[C@@H]1CCCN2CCCC[C@H]12)C(=O)NCCc1ccccc1. The van der Waals surface area contributed by atoms with E-state index in [0.29, 0.717) is 18.5 Å². The number of piperidine rings is 2. The van der Waals surface area contributed by atoms with Gasteiger partial charge in [-0.25, -0.2) is 4.79 Å². The maximum atomic E-state index is 12.4. The molecule has 1 N–H and O–H groups in total. The van der Waals surface area contributed by atoms with E-state index >= 15 is 0 Å². The minimum absolute atomic E-state index is 0.0684. The second-order valence-electron chi connectivity index (χ2n) is 7.35. The number of carbonyl (C=O) groups is 1. The highest BCUT2D eigenvalue weighted by Crippen LogP contribution is 2.31. The van der Waals surface area contributed by atoms with Crippen molar-refractivity contribution in [1.82, 2.24) is 15.1 Å². The molecule has 3 rings (SSSR count). The van der Waals surface area contributed by atoms with Crippen LogP contribution in [0.25, 0.3) is 0 Å². The molecule has 0 spiro atoms. The van der Waals surface area contributed by atoms with Gasteiger partial charge in [-0.1, -0.05) is 36.8 Å². The van der Waals surface area contributed by atoms with Crippen LogP contribution in [0.5, 0.6) is 0 Å². The molecule has 0 aromatic heterocycles. The summed E-state index contributed by atoms with van der Waals surface area (Å²) in [5.74, 6) is 0.643. The normalized spacial score (nSPS) is 24.2. The summed E-state index contributed by atoms with van der Waals surface area (Å²) in [6.07, 6.45) is 7.45. The molecule has 2 atom stereocenters. The van der Waals surface area contributed by atoms with Crippen molar-refractivity contribution in [3.63, 3.8) is 0 Å². The molecule has 2 aliphatic rings. The molecule has 1 aromatic rings. The van der Waals surface area contributed by atoms with Crippen LogP contribution in [0.15, 0.2) is 30.3 Å². The first kappa shape index (κ1) is 17.3. The van der Waals surface area contributed by atoms with E-state index in [1.54, 1.807) is 0 Å². The quantitative estimate of drug-likeness (QED) is 0.901. The molecule has 0 saturated carbocycles. The molecule has 24 heavy (non-hydrogen) atoms. The molecular weight excluding hydrogens is 298 g/mol. The molecule has 4 nitrogen and oxygen atoms in total. The Labute approximate surface area is 146 Å². The van der Waals surface area contributed by atoms with Gasteiger partial charge in [0.25, 0.3) is 0 Å². The Morgan fingerprint density at radius 1 is 1.17 bits per heavy atom. The zero-order valence-electron chi connectivity index (χ0n) is 14.9. The molecule has 0 aliphatic carbocycles. The van der Waals surface area contributed by atoms with Gasteiger partial charge in [-0.3, -0.25) is 0 Å². The summed E-state index contributed by atoms with van der Waals surface area (Å²) in [5.41, 5.74) is 1.27. The Kier molecular flexibility index (Phi) is 6.13. The van der Waals surface area contributed by atoms with Crippen LogP contribution in [0.3, 0.4) is 0 Å². The lowest BCUT2D eigenvalue weighted by atomic mass is 9.83. The number of hydrogen-bond acceptors (Lipinski definition) is 2. The van der Waals surface area contributed by atoms with E-state index in [1.807, 2.05) is 30.1 Å². The molecule has 0 bridgehead atoms. The highest BCUT2D eigenvalue weighted by molar-refractivity contribution is 5.73. The third-order valence-corrected chi connectivity index (χ3v) is 5.62. The Balaban J connectivity index is 1.43. The largest absolute Gasteiger partial charge is 0.338 e. The zero-order valence-corrected chi connectivity index (χ0v) is 14.9. The average molecular weight is 329 g/mol. The summed E-state index contributed by atoms with van der Waals surface area (Å²) in [4.78, 5) is 16.9. The van der Waals surface area contributed by atoms with Gasteiger partial charge in [0, 0.05) is 26.2 Å². The van der Waals surface area contributed by atoms with Crippen LogP contribution in [0, 0.1) is 5.92 Å². The second kappa shape index (κ2) is 8.52. The highest BCUT2D eigenvalue weighted by Gasteiger charge is 2.33. The molecule has 4 heteroatoms. The predicted octanol–water partition coefficient (Wildman–Crippen LogP) is 3.14. The Morgan fingerprint density at radius 2 is 1.96 bits per heavy atom. The third-order valence-electron chi connectivity index (χ3n) is 5.62. The summed E-state index contributed by atoms with van der Waals surface area (Å²) in [5, 5.41) is 3.07. The molecule has 1 aromatic carbocycles. The number of fused-ring (bicyclic) bond motifs is 1. The standard InChI is InChI=1S/C20H31N3O/c1-22(20(24)21-13-12-17-8-3-2-4-9-17)16-18-10-7-15-23-14-6-5-11-19(18)23/h2-4,8-9,18-19H,5-7,10-16H2,1H3,(H,21,24)/t18-,19+/m0/s1. The molecule has 2 saturated heterocycles. The number of rotatable bonds is 5. The number of nitrogens with zero attached hydrogens (tertiary/aromatic N) is 2. The summed E-state index contributed by atoms with van der Waals surface area (Å²) in [6, 6.07) is 11.1. The van der Waals surface area contributed by atoms with Crippen molar-refractivity contribution in [1.29, 1.82) is 0 Å². The topological polar surface area (TPSA) is 35.6 Å². The van der Waals surface area contributed by atoms with Gasteiger partial charge in [-0.15, -0.1) is 0 Å². The fraction of sp³-hybridized carbons (Fsp3) is 0.650. The van der Waals surface area contributed by atoms with Gasteiger partial charge in [-0.05, 0) is 56.7 Å². The van der Waals surface area contributed by atoms with E-state index in [2.05, 4.69) is 22.3 Å². The summed E-state index contributed by atoms with van der Waals surface area (Å²) < 4.78 is 0. The predicted molar refractivity (Wildman–Crippen MR) is 98.1 cm³/mol. The fourth-order valence-electron chi connectivity index (χ4n) is 4.32. The van der Waals surface area contributed by atoms with Crippen molar-refractivity contribution in [2.75, 3.05) is 33.2 Å². The van der Waals surface area contributed by atoms with E-state index < -0.39 is 0 Å². The smallest absolute Gasteiger partial charge is 0.317 e. The van der Waals surface area contributed by atoms with Gasteiger partial charge >= 0.3 is 6.03 Å². The fourth-order valence-corrected chi connectivity index (χ4v) is 4.32. The van der Waals surface area contributed by atoms with Crippen molar-refractivity contribution in [3.8, 4) is 0 Å². The van der Waals surface area contributed by atoms with Gasteiger partial charge in [-0.2, -0.15) is 0 Å². The molecule has 0 radical (unpaired) electrons. The first-order chi connectivity index (χ1) is 11.7. The van der Waals surface area contributed by atoms with Crippen LogP contribution in [-0.4, -0.2) is 55.1 Å². The van der Waals surface area contributed by atoms with Gasteiger partial charge in [0.15, 0.2) is 0 Å². The van der Waals surface area contributed by atoms with Crippen molar-refractivity contribution in [3.05, 3.63) is 35.9 Å². The molecule has 132 valence electrons. The lowest BCUT2D eigenvalue weighted by Crippen LogP contribution is -2.52. The van der Waals surface area contributed by atoms with Crippen molar-refractivity contribution >= 4 is 6.03 Å². The zero-order chi connectivity index (χ0) is 16.8. The first-order valence-electron chi connectivity index (χ1n) is 9.51. The van der Waals surface area contributed by atoms with Crippen LogP contribution >= 0.6 is 0 Å². The summed E-state index contributed by atoms with van der Waals surface area (Å²) in [7, 11) is 1.94. The number of benzene rings is 1. The second-order valence-corrected chi connectivity index (χ2v) is 7.35. The third kappa shape index (κ3) is 4.50. The van der Waals surface area contributed by atoms with E-state index in [-0.39, 0.29) is 6.03 Å². The number of carbonyl (C=O) groups excluding carboxylic acids is 1. The van der Waals surface area contributed by atoms with Gasteiger partial charge in [0.2, 0.25) is 0 Å². The molecule has 2 heterocycles. The van der Waals surface area contributed by atoms with Crippen molar-refractivity contribution in [2.24, 2.45) is 5.92 Å². The van der Waals surface area contributed by atoms with Gasteiger partial charge < -0.3 is 15.1 Å². The number of urea groups is 1. The van der Waals surface area contributed by atoms with Gasteiger partial charge in [0.05, 0.1) is 0 Å². The van der Waals surface area contributed by atoms with Crippen molar-refractivity contribution in [2.45, 2.75) is 44.6 Å². The van der Waals surface area contributed by atoms with E-state index in [1.165, 1.54) is 50.8 Å². The molecule has 2 fully saturated rings. The minimum Gasteiger partial charge on any atom is -0.338 e. The van der Waals surface area contributed by atoms with Gasteiger partial charge in [0.1, 0.15) is 0 Å². The Hall–Kier alpha value is -1.55. The first-order valence-corrected chi connectivity index (χ1v) is 9.51. The monoisotopic (exact) mass is 329 g/mol. The summed E-state index contributed by atoms with van der Waals surface area (Å²) >= 11 is 0. The lowest BCUT2D eigenvalue weighted by molar-refractivity contribution is 0.0487. The minimum atomic E-state index is 0.0684. The van der Waals surface area contributed by atoms with Crippen molar-refractivity contribution < 1.29 is 4.79 Å². The molecule has 2 amide bonds. The maximum Gasteiger partial charge on any atom is 0.317 e. The van der Waals surface area contributed by atoms with Crippen LogP contribution in [0.2, 0.25) is 0 Å². The Bertz CT molecular complexity index is 517. The number of hydrogen-bond donors (Lipinski definition) is 1. The molecule has 0 unspecified atom stereocenters. The summed E-state index contributed by atoms with van der Waals surface area (Å²) in [6.45, 7) is 4.11. The average Bonchev–Trinajstić information content (AvgIpc) is 2.63. The number of nitrogens with one attached hydrogen (secondary N) is 1. The van der Waals surface area contributed by atoms with Crippen LogP contribution < -0.4 is 5.32 Å². The Morgan fingerprint density at radius 3 is 2.79 bits per heavy atom. The molecular formula is C20H31N3O. The molecule has 2 aliphatic heterocycles. The maximum absolute atomic E-state index is 12.4.